The Morgan fingerprint density at radius 1 is 0.840 bits per heavy atom. The fraction of sp³-hybridized carbons (Fsp3) is 0.263. The Hall–Kier alpha value is -2.89. The highest BCUT2D eigenvalue weighted by Crippen LogP contribution is 2.13. The normalized spacial score (nSPS) is 14.8. The minimum atomic E-state index is -0.518. The first-order chi connectivity index (χ1) is 12.1. The SMILES string of the molecule is O=C(Nc1ccccc1)N1CCCN(C(=O)c2ccccc2F)CC1. The smallest absolute Gasteiger partial charge is 0.321 e. The average molecular weight is 341 g/mol. The quantitative estimate of drug-likeness (QED) is 0.912. The number of para-hydroxylation sites is 1. The van der Waals surface area contributed by atoms with E-state index in [0.29, 0.717) is 32.6 Å². The zero-order valence-electron chi connectivity index (χ0n) is 13.8. The van der Waals surface area contributed by atoms with E-state index in [0.717, 1.165) is 5.69 Å². The molecule has 0 unspecified atom stereocenters. The molecule has 0 atom stereocenters. The van der Waals surface area contributed by atoms with Gasteiger partial charge in [-0.05, 0) is 30.7 Å². The summed E-state index contributed by atoms with van der Waals surface area (Å²) in [5.41, 5.74) is 0.806. The van der Waals surface area contributed by atoms with Crippen LogP contribution in [0.5, 0.6) is 0 Å². The number of rotatable bonds is 2. The monoisotopic (exact) mass is 341 g/mol. The molecule has 0 saturated carbocycles. The van der Waals surface area contributed by atoms with E-state index in [1.54, 1.807) is 21.9 Å². The molecule has 1 heterocycles. The molecule has 130 valence electrons. The summed E-state index contributed by atoms with van der Waals surface area (Å²) < 4.78 is 13.8. The van der Waals surface area contributed by atoms with Crippen LogP contribution in [-0.2, 0) is 0 Å². The fourth-order valence-corrected chi connectivity index (χ4v) is 2.85. The number of carbonyl (C=O) groups excluding carboxylic acids is 2. The minimum Gasteiger partial charge on any atom is -0.337 e. The van der Waals surface area contributed by atoms with E-state index in [1.807, 2.05) is 30.3 Å². The van der Waals surface area contributed by atoms with Crippen LogP contribution >= 0.6 is 0 Å². The second-order valence-corrected chi connectivity index (χ2v) is 5.91. The molecule has 1 aliphatic rings. The number of urea groups is 1. The molecule has 0 bridgehead atoms. The Morgan fingerprint density at radius 2 is 1.48 bits per heavy atom. The van der Waals surface area contributed by atoms with Crippen LogP contribution < -0.4 is 5.32 Å². The van der Waals surface area contributed by atoms with Gasteiger partial charge in [0.05, 0.1) is 5.56 Å². The molecule has 1 N–H and O–H groups in total. The lowest BCUT2D eigenvalue weighted by Gasteiger charge is -2.22. The average Bonchev–Trinajstić information content (AvgIpc) is 2.89. The highest BCUT2D eigenvalue weighted by molar-refractivity contribution is 5.94. The molecular formula is C19H20FN3O2. The summed E-state index contributed by atoms with van der Waals surface area (Å²) in [6.45, 7) is 1.86. The first-order valence-corrected chi connectivity index (χ1v) is 8.30. The summed E-state index contributed by atoms with van der Waals surface area (Å²) in [6.07, 6.45) is 0.655. The van der Waals surface area contributed by atoms with Crippen molar-refractivity contribution in [2.45, 2.75) is 6.42 Å². The van der Waals surface area contributed by atoms with E-state index < -0.39 is 5.82 Å². The number of benzene rings is 2. The van der Waals surface area contributed by atoms with Gasteiger partial charge in [-0.15, -0.1) is 0 Å². The third-order valence-electron chi connectivity index (χ3n) is 4.20. The van der Waals surface area contributed by atoms with Gasteiger partial charge in [0.2, 0.25) is 0 Å². The van der Waals surface area contributed by atoms with Crippen molar-refractivity contribution in [3.63, 3.8) is 0 Å². The molecule has 2 aromatic carbocycles. The van der Waals surface area contributed by atoms with Crippen molar-refractivity contribution in [2.75, 3.05) is 31.5 Å². The molecule has 3 amide bonds. The Kier molecular flexibility index (Phi) is 5.28. The Bertz CT molecular complexity index is 751. The zero-order valence-corrected chi connectivity index (χ0v) is 13.8. The van der Waals surface area contributed by atoms with E-state index in [-0.39, 0.29) is 17.5 Å². The van der Waals surface area contributed by atoms with Gasteiger partial charge in [-0.2, -0.15) is 0 Å². The van der Waals surface area contributed by atoms with Crippen LogP contribution in [-0.4, -0.2) is 47.9 Å². The van der Waals surface area contributed by atoms with E-state index in [4.69, 9.17) is 0 Å². The molecule has 3 rings (SSSR count). The lowest BCUT2D eigenvalue weighted by molar-refractivity contribution is 0.0758. The summed E-state index contributed by atoms with van der Waals surface area (Å²) >= 11 is 0. The standard InChI is InChI=1S/C19H20FN3O2/c20-17-10-5-4-9-16(17)18(24)22-11-6-12-23(14-13-22)19(25)21-15-7-2-1-3-8-15/h1-5,7-10H,6,11-14H2,(H,21,25). The van der Waals surface area contributed by atoms with Crippen LogP contribution in [0.1, 0.15) is 16.8 Å². The van der Waals surface area contributed by atoms with Crippen LogP contribution in [0.25, 0.3) is 0 Å². The van der Waals surface area contributed by atoms with Crippen molar-refractivity contribution in [1.29, 1.82) is 0 Å². The number of hydrogen-bond donors (Lipinski definition) is 1. The molecule has 0 radical (unpaired) electrons. The van der Waals surface area contributed by atoms with E-state index in [9.17, 15) is 14.0 Å². The number of amides is 3. The van der Waals surface area contributed by atoms with E-state index in [2.05, 4.69) is 5.32 Å². The number of nitrogens with one attached hydrogen (secondary N) is 1. The lowest BCUT2D eigenvalue weighted by atomic mass is 10.2. The molecule has 25 heavy (non-hydrogen) atoms. The van der Waals surface area contributed by atoms with Crippen LogP contribution in [0.2, 0.25) is 0 Å². The summed E-state index contributed by atoms with van der Waals surface area (Å²) in [7, 11) is 0. The van der Waals surface area contributed by atoms with E-state index in [1.165, 1.54) is 12.1 Å². The largest absolute Gasteiger partial charge is 0.337 e. The van der Waals surface area contributed by atoms with Gasteiger partial charge in [0, 0.05) is 31.9 Å². The predicted molar refractivity (Wildman–Crippen MR) is 94.0 cm³/mol. The topological polar surface area (TPSA) is 52.7 Å². The van der Waals surface area contributed by atoms with Crippen LogP contribution in [0.4, 0.5) is 14.9 Å². The zero-order chi connectivity index (χ0) is 17.6. The lowest BCUT2D eigenvalue weighted by Crippen LogP contribution is -2.39. The number of nitrogens with zero attached hydrogens (tertiary/aromatic N) is 2. The van der Waals surface area contributed by atoms with Crippen LogP contribution in [0.3, 0.4) is 0 Å². The first-order valence-electron chi connectivity index (χ1n) is 8.30. The van der Waals surface area contributed by atoms with Gasteiger partial charge in [0.1, 0.15) is 5.82 Å². The van der Waals surface area contributed by atoms with Gasteiger partial charge < -0.3 is 15.1 Å². The molecule has 1 saturated heterocycles. The van der Waals surface area contributed by atoms with Crippen molar-refractivity contribution in [3.8, 4) is 0 Å². The maximum absolute atomic E-state index is 13.8. The minimum absolute atomic E-state index is 0.0738. The van der Waals surface area contributed by atoms with Gasteiger partial charge in [-0.25, -0.2) is 9.18 Å². The van der Waals surface area contributed by atoms with Crippen LogP contribution in [0, 0.1) is 5.82 Å². The van der Waals surface area contributed by atoms with Gasteiger partial charge in [-0.3, -0.25) is 4.79 Å². The van der Waals surface area contributed by atoms with Crippen molar-refractivity contribution in [3.05, 3.63) is 66.0 Å². The first kappa shape index (κ1) is 17.0. The number of halogens is 1. The highest BCUT2D eigenvalue weighted by atomic mass is 19.1. The number of carbonyl (C=O) groups is 2. The van der Waals surface area contributed by atoms with Crippen molar-refractivity contribution >= 4 is 17.6 Å². The predicted octanol–water partition coefficient (Wildman–Crippen LogP) is 3.21. The summed E-state index contributed by atoms with van der Waals surface area (Å²) in [5.74, 6) is -0.848. The second-order valence-electron chi connectivity index (χ2n) is 5.91. The highest BCUT2D eigenvalue weighted by Gasteiger charge is 2.24. The Morgan fingerprint density at radius 3 is 2.24 bits per heavy atom. The number of anilines is 1. The van der Waals surface area contributed by atoms with Gasteiger partial charge in [0.15, 0.2) is 0 Å². The molecule has 0 spiro atoms. The molecule has 2 aromatic rings. The molecule has 6 heteroatoms. The summed E-state index contributed by atoms with van der Waals surface area (Å²) in [6, 6.07) is 15.0. The third kappa shape index (κ3) is 4.15. The summed E-state index contributed by atoms with van der Waals surface area (Å²) in [4.78, 5) is 28.2. The molecular weight excluding hydrogens is 321 g/mol. The van der Waals surface area contributed by atoms with Gasteiger partial charge in [-0.1, -0.05) is 30.3 Å². The number of hydrogen-bond acceptors (Lipinski definition) is 2. The maximum atomic E-state index is 13.8. The molecule has 5 nitrogen and oxygen atoms in total. The summed E-state index contributed by atoms with van der Waals surface area (Å²) in [5, 5.41) is 2.85. The second kappa shape index (κ2) is 7.79. The van der Waals surface area contributed by atoms with Crippen molar-refractivity contribution in [2.24, 2.45) is 0 Å². The maximum Gasteiger partial charge on any atom is 0.321 e. The molecule has 0 aromatic heterocycles. The Balaban J connectivity index is 1.61. The Labute approximate surface area is 146 Å². The van der Waals surface area contributed by atoms with Crippen LogP contribution in [0.15, 0.2) is 54.6 Å². The fourth-order valence-electron chi connectivity index (χ4n) is 2.85. The van der Waals surface area contributed by atoms with Gasteiger partial charge in [0.25, 0.3) is 5.91 Å². The third-order valence-corrected chi connectivity index (χ3v) is 4.20. The molecule has 1 fully saturated rings. The molecule has 1 aliphatic heterocycles. The van der Waals surface area contributed by atoms with Crippen molar-refractivity contribution < 1.29 is 14.0 Å². The van der Waals surface area contributed by atoms with E-state index >= 15 is 0 Å². The molecule has 0 aliphatic carbocycles. The van der Waals surface area contributed by atoms with Gasteiger partial charge >= 0.3 is 6.03 Å². The van der Waals surface area contributed by atoms with Crippen molar-refractivity contribution in [1.82, 2.24) is 9.80 Å².